The summed E-state index contributed by atoms with van der Waals surface area (Å²) in [6, 6.07) is 0. The molecule has 1 nitrogen and oxygen atoms in total. The fraction of sp³-hybridized carbons (Fsp3) is 0.909. The maximum Gasteiger partial charge on any atom is 0.0779 e. The molecule has 0 saturated carbocycles. The first kappa shape index (κ1) is 11.0. The molecule has 0 amide bonds. The Morgan fingerprint density at radius 1 is 1.23 bits per heavy atom. The van der Waals surface area contributed by atoms with Crippen LogP contribution in [0.4, 0.5) is 0 Å². The van der Waals surface area contributed by atoms with Crippen molar-refractivity contribution in [1.82, 2.24) is 4.90 Å². The van der Waals surface area contributed by atoms with Crippen molar-refractivity contribution < 1.29 is 0 Å². The van der Waals surface area contributed by atoms with Crippen LogP contribution in [-0.2, 0) is 0 Å². The molecular weight excluding hydrogens is 178 g/mol. The smallest absolute Gasteiger partial charge is 0.0779 e. The molecule has 0 aliphatic carbocycles. The summed E-state index contributed by atoms with van der Waals surface area (Å²) in [5.74, 6) is 0.780. The second-order valence-electron chi connectivity index (χ2n) is 4.37. The summed E-state index contributed by atoms with van der Waals surface area (Å²) < 4.78 is 0. The van der Waals surface area contributed by atoms with Crippen LogP contribution in [0.15, 0.2) is 0 Å². The van der Waals surface area contributed by atoms with Gasteiger partial charge in [0.15, 0.2) is 0 Å². The normalized spacial score (nSPS) is 17.9. The number of hydrogen-bond acceptors (Lipinski definition) is 1. The van der Waals surface area contributed by atoms with Crippen molar-refractivity contribution in [2.24, 2.45) is 5.92 Å². The predicted molar refractivity (Wildman–Crippen MR) is 62.1 cm³/mol. The maximum absolute atomic E-state index is 5.42. The third kappa shape index (κ3) is 4.08. The lowest BCUT2D eigenvalue weighted by Gasteiger charge is -2.29. The van der Waals surface area contributed by atoms with E-state index in [2.05, 4.69) is 18.7 Å². The van der Waals surface area contributed by atoms with Gasteiger partial charge in [0.25, 0.3) is 0 Å². The van der Waals surface area contributed by atoms with Crippen LogP contribution in [-0.4, -0.2) is 23.0 Å². The number of hydrogen-bond donors (Lipinski definition) is 0. The first-order valence-electron chi connectivity index (χ1n) is 5.48. The minimum absolute atomic E-state index is 0.780. The minimum atomic E-state index is 0.780. The van der Waals surface area contributed by atoms with Crippen molar-refractivity contribution in [3.05, 3.63) is 0 Å². The first-order chi connectivity index (χ1) is 6.20. The Labute approximate surface area is 87.5 Å². The zero-order chi connectivity index (χ0) is 9.68. The van der Waals surface area contributed by atoms with Gasteiger partial charge in [-0.2, -0.15) is 0 Å². The van der Waals surface area contributed by atoms with Crippen molar-refractivity contribution >= 4 is 17.2 Å². The highest BCUT2D eigenvalue weighted by atomic mass is 32.1. The van der Waals surface area contributed by atoms with Gasteiger partial charge >= 0.3 is 0 Å². The molecule has 1 aliphatic heterocycles. The molecule has 0 atom stereocenters. The number of nitrogens with zero attached hydrogens (tertiary/aromatic N) is 1. The summed E-state index contributed by atoms with van der Waals surface area (Å²) in [6.07, 6.45) is 6.43. The standard InChI is InChI=1S/C11H21NS/c1-10(2)6-7-11(13)12-8-4-3-5-9-12/h10H,3-9H2,1-2H3. The van der Waals surface area contributed by atoms with Gasteiger partial charge in [-0.05, 0) is 38.0 Å². The summed E-state index contributed by atoms with van der Waals surface area (Å²) in [7, 11) is 0. The van der Waals surface area contributed by atoms with Crippen molar-refractivity contribution in [2.45, 2.75) is 46.0 Å². The Bertz CT molecular complexity index is 159. The average Bonchev–Trinajstić information content (AvgIpc) is 2.15. The van der Waals surface area contributed by atoms with E-state index in [0.29, 0.717) is 0 Å². The van der Waals surface area contributed by atoms with Gasteiger partial charge in [0.05, 0.1) is 4.99 Å². The molecule has 0 radical (unpaired) electrons. The van der Waals surface area contributed by atoms with Gasteiger partial charge < -0.3 is 4.90 Å². The minimum Gasteiger partial charge on any atom is -0.366 e. The fourth-order valence-corrected chi connectivity index (χ4v) is 2.01. The van der Waals surface area contributed by atoms with E-state index in [9.17, 15) is 0 Å². The summed E-state index contributed by atoms with van der Waals surface area (Å²) in [5, 5.41) is 0. The molecule has 0 bridgehead atoms. The Balaban J connectivity index is 2.21. The number of likely N-dealkylation sites (tertiary alicyclic amines) is 1. The molecule has 0 aromatic rings. The maximum atomic E-state index is 5.42. The highest BCUT2D eigenvalue weighted by Crippen LogP contribution is 2.13. The molecule has 1 rings (SSSR count). The molecule has 13 heavy (non-hydrogen) atoms. The van der Waals surface area contributed by atoms with Crippen molar-refractivity contribution in [2.75, 3.05) is 13.1 Å². The van der Waals surface area contributed by atoms with Gasteiger partial charge in [0.2, 0.25) is 0 Å². The zero-order valence-electron chi connectivity index (χ0n) is 8.88. The van der Waals surface area contributed by atoms with Crippen LogP contribution in [0.2, 0.25) is 0 Å². The number of piperidine rings is 1. The molecule has 0 aromatic carbocycles. The third-order valence-corrected chi connectivity index (χ3v) is 3.11. The highest BCUT2D eigenvalue weighted by Gasteiger charge is 2.12. The second-order valence-corrected chi connectivity index (χ2v) is 4.85. The van der Waals surface area contributed by atoms with Crippen LogP contribution in [0, 0.1) is 5.92 Å². The SMILES string of the molecule is CC(C)CCC(=S)N1CCCCC1. The lowest BCUT2D eigenvalue weighted by atomic mass is 10.1. The third-order valence-electron chi connectivity index (χ3n) is 2.64. The van der Waals surface area contributed by atoms with E-state index in [1.807, 2.05) is 0 Å². The second kappa shape index (κ2) is 5.58. The highest BCUT2D eigenvalue weighted by molar-refractivity contribution is 7.80. The molecule has 0 unspecified atom stereocenters. The molecular formula is C11H21NS. The van der Waals surface area contributed by atoms with Crippen LogP contribution >= 0.6 is 12.2 Å². The largest absolute Gasteiger partial charge is 0.366 e. The average molecular weight is 199 g/mol. The zero-order valence-corrected chi connectivity index (χ0v) is 9.70. The Morgan fingerprint density at radius 2 is 1.85 bits per heavy atom. The van der Waals surface area contributed by atoms with Crippen LogP contribution in [0.5, 0.6) is 0 Å². The molecule has 1 fully saturated rings. The number of rotatable bonds is 3. The molecule has 0 N–H and O–H groups in total. The van der Waals surface area contributed by atoms with Gasteiger partial charge in [-0.1, -0.05) is 26.1 Å². The lowest BCUT2D eigenvalue weighted by molar-refractivity contribution is 0.339. The van der Waals surface area contributed by atoms with E-state index >= 15 is 0 Å². The van der Waals surface area contributed by atoms with Crippen molar-refractivity contribution in [3.8, 4) is 0 Å². The molecule has 1 heterocycles. The van der Waals surface area contributed by atoms with Crippen LogP contribution in [0.25, 0.3) is 0 Å². The summed E-state index contributed by atoms with van der Waals surface area (Å²) in [4.78, 5) is 3.61. The van der Waals surface area contributed by atoms with Gasteiger partial charge in [0.1, 0.15) is 0 Å². The Hall–Kier alpha value is -0.110. The van der Waals surface area contributed by atoms with Gasteiger partial charge in [-0.15, -0.1) is 0 Å². The van der Waals surface area contributed by atoms with E-state index in [1.165, 1.54) is 43.8 Å². The lowest BCUT2D eigenvalue weighted by Crippen LogP contribution is -2.34. The molecule has 1 saturated heterocycles. The van der Waals surface area contributed by atoms with E-state index in [4.69, 9.17) is 12.2 Å². The first-order valence-corrected chi connectivity index (χ1v) is 5.88. The Kier molecular flexibility index (Phi) is 4.71. The summed E-state index contributed by atoms with van der Waals surface area (Å²) in [5.41, 5.74) is 0. The van der Waals surface area contributed by atoms with Gasteiger partial charge in [-0.25, -0.2) is 0 Å². The van der Waals surface area contributed by atoms with Gasteiger partial charge in [-0.3, -0.25) is 0 Å². The predicted octanol–water partition coefficient (Wildman–Crippen LogP) is 3.24. The van der Waals surface area contributed by atoms with E-state index in [0.717, 1.165) is 12.3 Å². The topological polar surface area (TPSA) is 3.24 Å². The molecule has 0 spiro atoms. The molecule has 0 aromatic heterocycles. The quantitative estimate of drug-likeness (QED) is 0.642. The van der Waals surface area contributed by atoms with Crippen molar-refractivity contribution in [3.63, 3.8) is 0 Å². The van der Waals surface area contributed by atoms with E-state index in [-0.39, 0.29) is 0 Å². The molecule has 2 heteroatoms. The Morgan fingerprint density at radius 3 is 2.38 bits per heavy atom. The van der Waals surface area contributed by atoms with Crippen LogP contribution in [0.3, 0.4) is 0 Å². The van der Waals surface area contributed by atoms with Crippen LogP contribution in [0.1, 0.15) is 46.0 Å². The summed E-state index contributed by atoms with van der Waals surface area (Å²) in [6.45, 7) is 6.94. The van der Waals surface area contributed by atoms with E-state index in [1.54, 1.807) is 0 Å². The van der Waals surface area contributed by atoms with Crippen molar-refractivity contribution in [1.29, 1.82) is 0 Å². The fourth-order valence-electron chi connectivity index (χ4n) is 1.71. The monoisotopic (exact) mass is 199 g/mol. The molecule has 1 aliphatic rings. The number of thiocarbonyl (C=S) groups is 1. The van der Waals surface area contributed by atoms with Crippen LogP contribution < -0.4 is 0 Å². The molecule has 76 valence electrons. The van der Waals surface area contributed by atoms with Gasteiger partial charge in [0, 0.05) is 13.1 Å². The van der Waals surface area contributed by atoms with E-state index < -0.39 is 0 Å². The summed E-state index contributed by atoms with van der Waals surface area (Å²) >= 11 is 5.42.